The molecule has 0 aromatic heterocycles. The Hall–Kier alpha value is -0.570. The van der Waals surface area contributed by atoms with Crippen molar-refractivity contribution in [1.29, 1.82) is 0 Å². The van der Waals surface area contributed by atoms with Gasteiger partial charge in [0.2, 0.25) is 0 Å². The Kier molecular flexibility index (Phi) is 5.26. The minimum absolute atomic E-state index is 0.354. The number of carbonyl (C=O) groups is 1. The Morgan fingerprint density at radius 3 is 2.56 bits per heavy atom. The lowest BCUT2D eigenvalue weighted by Crippen LogP contribution is -2.44. The molecule has 2 N–H and O–H groups in total. The molecule has 1 saturated carbocycles. The van der Waals surface area contributed by atoms with Crippen LogP contribution in [-0.4, -0.2) is 23.2 Å². The van der Waals surface area contributed by atoms with E-state index >= 15 is 0 Å². The van der Waals surface area contributed by atoms with E-state index in [1.807, 2.05) is 6.92 Å². The predicted molar refractivity (Wildman–Crippen MR) is 65.4 cm³/mol. The molecule has 0 radical (unpaired) electrons. The third-order valence-electron chi connectivity index (χ3n) is 4.04. The monoisotopic (exact) mass is 227 g/mol. The zero-order chi connectivity index (χ0) is 12.1. The third kappa shape index (κ3) is 3.21. The Morgan fingerprint density at radius 2 is 2.12 bits per heavy atom. The van der Waals surface area contributed by atoms with E-state index in [4.69, 9.17) is 5.11 Å². The summed E-state index contributed by atoms with van der Waals surface area (Å²) in [5.74, 6) is 0.686. The van der Waals surface area contributed by atoms with Crippen LogP contribution in [0.1, 0.15) is 52.9 Å². The topological polar surface area (TPSA) is 49.3 Å². The van der Waals surface area contributed by atoms with Crippen LogP contribution in [0.5, 0.6) is 0 Å². The van der Waals surface area contributed by atoms with E-state index in [2.05, 4.69) is 19.2 Å². The van der Waals surface area contributed by atoms with Crippen LogP contribution in [0.2, 0.25) is 0 Å². The predicted octanol–water partition coefficient (Wildman–Crippen LogP) is 2.65. The highest BCUT2D eigenvalue weighted by molar-refractivity contribution is 5.73. The van der Waals surface area contributed by atoms with Crippen molar-refractivity contribution in [3.8, 4) is 0 Å². The van der Waals surface area contributed by atoms with E-state index in [-0.39, 0.29) is 6.04 Å². The molecule has 4 atom stereocenters. The normalized spacial score (nSPS) is 31.6. The molecule has 16 heavy (non-hydrogen) atoms. The van der Waals surface area contributed by atoms with Gasteiger partial charge in [0.1, 0.15) is 6.04 Å². The van der Waals surface area contributed by atoms with Crippen LogP contribution in [0.4, 0.5) is 0 Å². The lowest BCUT2D eigenvalue weighted by atomic mass is 9.93. The molecule has 1 fully saturated rings. The van der Waals surface area contributed by atoms with Crippen LogP contribution < -0.4 is 5.32 Å². The van der Waals surface area contributed by atoms with E-state index in [0.29, 0.717) is 12.0 Å². The Morgan fingerprint density at radius 1 is 1.44 bits per heavy atom. The highest BCUT2D eigenvalue weighted by Crippen LogP contribution is 2.34. The molecular weight excluding hydrogens is 202 g/mol. The van der Waals surface area contributed by atoms with Crippen molar-refractivity contribution < 1.29 is 9.90 Å². The van der Waals surface area contributed by atoms with Crippen LogP contribution in [0.15, 0.2) is 0 Å². The van der Waals surface area contributed by atoms with Crippen LogP contribution in [0.3, 0.4) is 0 Å². The maximum absolute atomic E-state index is 11.1. The Balaban J connectivity index is 2.49. The summed E-state index contributed by atoms with van der Waals surface area (Å²) >= 11 is 0. The van der Waals surface area contributed by atoms with Gasteiger partial charge in [-0.15, -0.1) is 0 Å². The summed E-state index contributed by atoms with van der Waals surface area (Å²) < 4.78 is 0. The van der Waals surface area contributed by atoms with E-state index in [1.54, 1.807) is 0 Å². The molecule has 1 aliphatic carbocycles. The van der Waals surface area contributed by atoms with Crippen molar-refractivity contribution in [3.05, 3.63) is 0 Å². The Labute approximate surface area is 98.6 Å². The number of carboxylic acids is 1. The smallest absolute Gasteiger partial charge is 0.320 e. The van der Waals surface area contributed by atoms with E-state index in [0.717, 1.165) is 25.2 Å². The average molecular weight is 227 g/mol. The summed E-state index contributed by atoms with van der Waals surface area (Å²) in [4.78, 5) is 11.1. The summed E-state index contributed by atoms with van der Waals surface area (Å²) in [6.45, 7) is 6.51. The molecular formula is C13H25NO2. The maximum Gasteiger partial charge on any atom is 0.320 e. The molecule has 0 aliphatic heterocycles. The van der Waals surface area contributed by atoms with Gasteiger partial charge in [0.15, 0.2) is 0 Å². The van der Waals surface area contributed by atoms with Gasteiger partial charge in [-0.05, 0) is 31.1 Å². The van der Waals surface area contributed by atoms with Crippen molar-refractivity contribution in [2.24, 2.45) is 11.8 Å². The molecule has 3 nitrogen and oxygen atoms in total. The number of nitrogens with one attached hydrogen (secondary N) is 1. The second-order valence-corrected chi connectivity index (χ2v) is 5.06. The fourth-order valence-corrected chi connectivity index (χ4v) is 2.88. The molecule has 0 aromatic carbocycles. The molecule has 0 aromatic rings. The molecule has 0 bridgehead atoms. The minimum atomic E-state index is -0.700. The van der Waals surface area contributed by atoms with Crippen molar-refractivity contribution in [1.82, 2.24) is 5.32 Å². The maximum atomic E-state index is 11.1. The molecule has 1 aliphatic rings. The Bertz CT molecular complexity index is 230. The SMILES string of the molecule is CCCC(NC1CCC(CC)C1C)C(=O)O. The molecule has 1 rings (SSSR count). The van der Waals surface area contributed by atoms with Crippen molar-refractivity contribution in [3.63, 3.8) is 0 Å². The van der Waals surface area contributed by atoms with E-state index in [9.17, 15) is 4.79 Å². The van der Waals surface area contributed by atoms with Gasteiger partial charge in [-0.3, -0.25) is 4.79 Å². The second kappa shape index (κ2) is 6.24. The van der Waals surface area contributed by atoms with Gasteiger partial charge in [0, 0.05) is 6.04 Å². The first-order valence-corrected chi connectivity index (χ1v) is 6.58. The molecule has 94 valence electrons. The fraction of sp³-hybridized carbons (Fsp3) is 0.923. The average Bonchev–Trinajstić information content (AvgIpc) is 2.59. The second-order valence-electron chi connectivity index (χ2n) is 5.06. The molecule has 4 unspecified atom stereocenters. The molecule has 0 spiro atoms. The highest BCUT2D eigenvalue weighted by Gasteiger charge is 2.33. The molecule has 0 amide bonds. The summed E-state index contributed by atoms with van der Waals surface area (Å²) in [5, 5.41) is 12.4. The quantitative estimate of drug-likeness (QED) is 0.733. The number of hydrogen-bond donors (Lipinski definition) is 2. The first kappa shape index (κ1) is 13.5. The number of carboxylic acid groups (broad SMARTS) is 1. The van der Waals surface area contributed by atoms with Crippen molar-refractivity contribution in [2.45, 2.75) is 65.0 Å². The summed E-state index contributed by atoms with van der Waals surface area (Å²) in [6, 6.07) is 0.0469. The summed E-state index contributed by atoms with van der Waals surface area (Å²) in [5.41, 5.74) is 0. The van der Waals surface area contributed by atoms with Gasteiger partial charge in [-0.2, -0.15) is 0 Å². The summed E-state index contributed by atoms with van der Waals surface area (Å²) in [7, 11) is 0. The van der Waals surface area contributed by atoms with Crippen LogP contribution in [0, 0.1) is 11.8 Å². The van der Waals surface area contributed by atoms with Crippen molar-refractivity contribution >= 4 is 5.97 Å². The van der Waals surface area contributed by atoms with Gasteiger partial charge in [-0.1, -0.05) is 33.6 Å². The number of hydrogen-bond acceptors (Lipinski definition) is 2. The van der Waals surface area contributed by atoms with Gasteiger partial charge < -0.3 is 10.4 Å². The molecule has 0 heterocycles. The number of rotatable bonds is 6. The molecule has 3 heteroatoms. The van der Waals surface area contributed by atoms with E-state index < -0.39 is 5.97 Å². The fourth-order valence-electron chi connectivity index (χ4n) is 2.88. The van der Waals surface area contributed by atoms with Gasteiger partial charge >= 0.3 is 5.97 Å². The van der Waals surface area contributed by atoms with Gasteiger partial charge in [0.05, 0.1) is 0 Å². The largest absolute Gasteiger partial charge is 0.480 e. The zero-order valence-electron chi connectivity index (χ0n) is 10.7. The first-order chi connectivity index (χ1) is 7.60. The number of aliphatic carboxylic acids is 1. The first-order valence-electron chi connectivity index (χ1n) is 6.58. The van der Waals surface area contributed by atoms with Crippen LogP contribution in [-0.2, 0) is 4.79 Å². The highest BCUT2D eigenvalue weighted by atomic mass is 16.4. The molecule has 0 saturated heterocycles. The van der Waals surface area contributed by atoms with Crippen LogP contribution >= 0.6 is 0 Å². The lowest BCUT2D eigenvalue weighted by molar-refractivity contribution is -0.140. The van der Waals surface area contributed by atoms with Crippen molar-refractivity contribution in [2.75, 3.05) is 0 Å². The standard InChI is InChI=1S/C13H25NO2/c1-4-6-12(13(15)16)14-11-8-7-10(5-2)9(11)3/h9-12,14H,4-8H2,1-3H3,(H,15,16). The summed E-state index contributed by atoms with van der Waals surface area (Å²) in [6.07, 6.45) is 5.24. The lowest BCUT2D eigenvalue weighted by Gasteiger charge is -2.24. The zero-order valence-corrected chi connectivity index (χ0v) is 10.7. The van der Waals surface area contributed by atoms with E-state index in [1.165, 1.54) is 12.8 Å². The van der Waals surface area contributed by atoms with Gasteiger partial charge in [0.25, 0.3) is 0 Å². The third-order valence-corrected chi connectivity index (χ3v) is 4.04. The van der Waals surface area contributed by atoms with Crippen LogP contribution in [0.25, 0.3) is 0 Å². The van der Waals surface area contributed by atoms with Gasteiger partial charge in [-0.25, -0.2) is 0 Å². The minimum Gasteiger partial charge on any atom is -0.480 e.